The molecule has 0 aliphatic rings. The highest BCUT2D eigenvalue weighted by Gasteiger charge is 2.15. The summed E-state index contributed by atoms with van der Waals surface area (Å²) in [6.07, 6.45) is 0. The molecule has 120 valence electrons. The molecule has 0 fully saturated rings. The Morgan fingerprint density at radius 1 is 1.22 bits per heavy atom. The Labute approximate surface area is 137 Å². The average Bonchev–Trinajstić information content (AvgIpc) is 2.49. The number of benzene rings is 2. The molecule has 0 unspecified atom stereocenters. The van der Waals surface area contributed by atoms with Crippen LogP contribution in [0, 0.1) is 6.92 Å². The summed E-state index contributed by atoms with van der Waals surface area (Å²) < 4.78 is 4.83. The van der Waals surface area contributed by atoms with Gasteiger partial charge in [0.15, 0.2) is 6.61 Å². The maximum absolute atomic E-state index is 11.8. The normalized spacial score (nSPS) is 10.2. The van der Waals surface area contributed by atoms with Crippen LogP contribution in [-0.4, -0.2) is 28.7 Å². The highest BCUT2D eigenvalue weighted by atomic mass is 35.5. The number of esters is 1. The van der Waals surface area contributed by atoms with Crippen molar-refractivity contribution < 1.29 is 24.5 Å². The highest BCUT2D eigenvalue weighted by Crippen LogP contribution is 2.24. The Morgan fingerprint density at radius 3 is 2.65 bits per heavy atom. The van der Waals surface area contributed by atoms with Gasteiger partial charge in [0.1, 0.15) is 17.1 Å². The van der Waals surface area contributed by atoms with Gasteiger partial charge in [-0.3, -0.25) is 4.79 Å². The Bertz CT molecular complexity index is 760. The molecule has 0 spiro atoms. The number of halogens is 1. The molecule has 0 heterocycles. The van der Waals surface area contributed by atoms with Crippen LogP contribution >= 0.6 is 11.6 Å². The van der Waals surface area contributed by atoms with Gasteiger partial charge in [-0.25, -0.2) is 4.79 Å². The van der Waals surface area contributed by atoms with Crippen molar-refractivity contribution in [2.24, 2.45) is 0 Å². The number of ether oxygens (including phenoxy) is 1. The minimum absolute atomic E-state index is 0.144. The standard InChI is InChI=1S/C16H14ClNO5/c1-9-12(17)3-2-4-13(9)18-15(21)8-23-16(22)11-6-5-10(19)7-14(11)20/h2-7,19-20H,8H2,1H3,(H,18,21). The van der Waals surface area contributed by atoms with Gasteiger partial charge >= 0.3 is 5.97 Å². The summed E-state index contributed by atoms with van der Waals surface area (Å²) in [6, 6.07) is 8.49. The number of phenolic OH excluding ortho intramolecular Hbond substituents is 2. The van der Waals surface area contributed by atoms with E-state index in [-0.39, 0.29) is 11.3 Å². The zero-order valence-electron chi connectivity index (χ0n) is 12.2. The summed E-state index contributed by atoms with van der Waals surface area (Å²) in [4.78, 5) is 23.6. The van der Waals surface area contributed by atoms with E-state index in [1.54, 1.807) is 25.1 Å². The maximum atomic E-state index is 11.8. The number of rotatable bonds is 4. The quantitative estimate of drug-likeness (QED) is 0.747. The Balaban J connectivity index is 1.96. The number of anilines is 1. The van der Waals surface area contributed by atoms with Crippen molar-refractivity contribution in [1.82, 2.24) is 0 Å². The summed E-state index contributed by atoms with van der Waals surface area (Å²) >= 11 is 5.95. The summed E-state index contributed by atoms with van der Waals surface area (Å²) in [5, 5.41) is 21.8. The summed E-state index contributed by atoms with van der Waals surface area (Å²) in [5.74, 6) is -2.03. The molecule has 1 amide bonds. The van der Waals surface area contributed by atoms with Gasteiger partial charge in [0.25, 0.3) is 5.91 Å². The molecule has 6 nitrogen and oxygen atoms in total. The number of hydrogen-bond donors (Lipinski definition) is 3. The zero-order chi connectivity index (χ0) is 17.0. The molecule has 0 radical (unpaired) electrons. The Hall–Kier alpha value is -2.73. The van der Waals surface area contributed by atoms with Crippen LogP contribution in [-0.2, 0) is 9.53 Å². The maximum Gasteiger partial charge on any atom is 0.342 e. The second-order valence-electron chi connectivity index (χ2n) is 4.74. The predicted octanol–water partition coefficient (Wildman–Crippen LogP) is 2.86. The fraction of sp³-hybridized carbons (Fsp3) is 0.125. The van der Waals surface area contributed by atoms with Gasteiger partial charge < -0.3 is 20.3 Å². The molecule has 2 aromatic carbocycles. The molecule has 0 aliphatic heterocycles. The Morgan fingerprint density at radius 2 is 1.96 bits per heavy atom. The van der Waals surface area contributed by atoms with Crippen LogP contribution in [0.1, 0.15) is 15.9 Å². The van der Waals surface area contributed by atoms with Crippen LogP contribution in [0.3, 0.4) is 0 Å². The summed E-state index contributed by atoms with van der Waals surface area (Å²) in [6.45, 7) is 1.23. The van der Waals surface area contributed by atoms with Crippen molar-refractivity contribution >= 4 is 29.2 Å². The Kier molecular flexibility index (Phi) is 5.08. The van der Waals surface area contributed by atoms with Crippen molar-refractivity contribution in [1.29, 1.82) is 0 Å². The van der Waals surface area contributed by atoms with Crippen LogP contribution in [0.5, 0.6) is 11.5 Å². The second kappa shape index (κ2) is 7.02. The van der Waals surface area contributed by atoms with Crippen LogP contribution in [0.25, 0.3) is 0 Å². The van der Waals surface area contributed by atoms with Gasteiger partial charge in [0.2, 0.25) is 0 Å². The van der Waals surface area contributed by atoms with Gasteiger partial charge in [0, 0.05) is 16.8 Å². The molecule has 0 saturated heterocycles. The van der Waals surface area contributed by atoms with E-state index in [0.717, 1.165) is 6.07 Å². The highest BCUT2D eigenvalue weighted by molar-refractivity contribution is 6.31. The molecular weight excluding hydrogens is 322 g/mol. The number of carbonyl (C=O) groups is 2. The lowest BCUT2D eigenvalue weighted by Crippen LogP contribution is -2.21. The first-order chi connectivity index (χ1) is 10.9. The van der Waals surface area contributed by atoms with Gasteiger partial charge in [0.05, 0.1) is 0 Å². The lowest BCUT2D eigenvalue weighted by molar-refractivity contribution is -0.119. The van der Waals surface area contributed by atoms with Crippen LogP contribution in [0.4, 0.5) is 5.69 Å². The van der Waals surface area contributed by atoms with Gasteiger partial charge in [-0.1, -0.05) is 17.7 Å². The lowest BCUT2D eigenvalue weighted by atomic mass is 10.2. The number of hydrogen-bond acceptors (Lipinski definition) is 5. The number of phenols is 2. The minimum Gasteiger partial charge on any atom is -0.508 e. The van der Waals surface area contributed by atoms with Crippen molar-refractivity contribution in [2.45, 2.75) is 6.92 Å². The van der Waals surface area contributed by atoms with Gasteiger partial charge in [-0.05, 0) is 36.8 Å². The third kappa shape index (κ3) is 4.14. The molecule has 0 atom stereocenters. The predicted molar refractivity (Wildman–Crippen MR) is 84.9 cm³/mol. The van der Waals surface area contributed by atoms with Crippen molar-refractivity contribution in [3.63, 3.8) is 0 Å². The molecule has 2 aromatic rings. The third-order valence-corrected chi connectivity index (χ3v) is 3.49. The topological polar surface area (TPSA) is 95.9 Å². The van der Waals surface area contributed by atoms with E-state index in [1.807, 2.05) is 0 Å². The first-order valence-electron chi connectivity index (χ1n) is 6.62. The number of amides is 1. The van der Waals surface area contributed by atoms with Crippen molar-refractivity contribution in [3.05, 3.63) is 52.5 Å². The lowest BCUT2D eigenvalue weighted by Gasteiger charge is -2.10. The number of nitrogens with one attached hydrogen (secondary N) is 1. The van der Waals surface area contributed by atoms with E-state index >= 15 is 0 Å². The molecule has 0 aliphatic carbocycles. The van der Waals surface area contributed by atoms with E-state index in [4.69, 9.17) is 21.4 Å². The summed E-state index contributed by atoms with van der Waals surface area (Å²) in [7, 11) is 0. The SMILES string of the molecule is Cc1c(Cl)cccc1NC(=O)COC(=O)c1ccc(O)cc1O. The molecule has 2 rings (SSSR count). The molecule has 0 saturated carbocycles. The van der Waals surface area contributed by atoms with E-state index in [9.17, 15) is 14.7 Å². The minimum atomic E-state index is -0.875. The monoisotopic (exact) mass is 335 g/mol. The van der Waals surface area contributed by atoms with Crippen LogP contribution in [0.2, 0.25) is 5.02 Å². The fourth-order valence-corrected chi connectivity index (χ4v) is 2.01. The van der Waals surface area contributed by atoms with Gasteiger partial charge in [-0.15, -0.1) is 0 Å². The second-order valence-corrected chi connectivity index (χ2v) is 5.15. The number of carbonyl (C=O) groups excluding carboxylic acids is 2. The van der Waals surface area contributed by atoms with Crippen LogP contribution < -0.4 is 5.32 Å². The first-order valence-corrected chi connectivity index (χ1v) is 7.00. The molecular formula is C16H14ClNO5. The van der Waals surface area contributed by atoms with Crippen molar-refractivity contribution in [2.75, 3.05) is 11.9 Å². The van der Waals surface area contributed by atoms with E-state index in [1.165, 1.54) is 12.1 Å². The molecule has 0 aromatic heterocycles. The fourth-order valence-electron chi connectivity index (χ4n) is 1.83. The zero-order valence-corrected chi connectivity index (χ0v) is 12.9. The first kappa shape index (κ1) is 16.6. The smallest absolute Gasteiger partial charge is 0.342 e. The average molecular weight is 336 g/mol. The van der Waals surface area contributed by atoms with Gasteiger partial charge in [-0.2, -0.15) is 0 Å². The third-order valence-electron chi connectivity index (χ3n) is 3.08. The van der Waals surface area contributed by atoms with E-state index in [2.05, 4.69) is 5.32 Å². The molecule has 0 bridgehead atoms. The van der Waals surface area contributed by atoms with Crippen LogP contribution in [0.15, 0.2) is 36.4 Å². The molecule has 7 heteroatoms. The largest absolute Gasteiger partial charge is 0.508 e. The molecule has 3 N–H and O–H groups in total. The number of aromatic hydroxyl groups is 2. The van der Waals surface area contributed by atoms with Crippen molar-refractivity contribution in [3.8, 4) is 11.5 Å². The van der Waals surface area contributed by atoms with E-state index < -0.39 is 24.2 Å². The van der Waals surface area contributed by atoms with E-state index in [0.29, 0.717) is 16.3 Å². The molecule has 23 heavy (non-hydrogen) atoms. The summed E-state index contributed by atoms with van der Waals surface area (Å²) in [5.41, 5.74) is 1.07.